The third-order valence-electron chi connectivity index (χ3n) is 6.67. The molecule has 1 saturated carbocycles. The molecule has 0 atom stereocenters. The minimum Gasteiger partial charge on any atom is -0.366 e. The number of anilines is 1. The van der Waals surface area contributed by atoms with Crippen LogP contribution < -0.4 is 21.9 Å². The number of halogens is 2. The fourth-order valence-electron chi connectivity index (χ4n) is 4.54. The van der Waals surface area contributed by atoms with Gasteiger partial charge in [-0.1, -0.05) is 12.1 Å². The van der Waals surface area contributed by atoms with Crippen LogP contribution in [0, 0.1) is 11.6 Å². The van der Waals surface area contributed by atoms with Crippen molar-refractivity contribution >= 4 is 22.8 Å². The molecule has 1 fully saturated rings. The predicted molar refractivity (Wildman–Crippen MR) is 139 cm³/mol. The van der Waals surface area contributed by atoms with Crippen molar-refractivity contribution in [3.05, 3.63) is 93.8 Å². The summed E-state index contributed by atoms with van der Waals surface area (Å²) in [4.78, 5) is 38.7. The first-order valence-electron chi connectivity index (χ1n) is 12.4. The second kappa shape index (κ2) is 11.0. The van der Waals surface area contributed by atoms with Gasteiger partial charge >= 0.3 is 0 Å². The summed E-state index contributed by atoms with van der Waals surface area (Å²) in [5.41, 5.74) is 7.80. The van der Waals surface area contributed by atoms with Gasteiger partial charge in [0.2, 0.25) is 0 Å². The molecule has 0 unspecified atom stereocenters. The molecule has 0 radical (unpaired) electrons. The van der Waals surface area contributed by atoms with Gasteiger partial charge in [-0.3, -0.25) is 19.1 Å². The summed E-state index contributed by atoms with van der Waals surface area (Å²) in [6.07, 6.45) is 8.08. The smallest absolute Gasteiger partial charge is 0.266 e. The summed E-state index contributed by atoms with van der Waals surface area (Å²) in [5, 5.41) is 6.17. The predicted octanol–water partition coefficient (Wildman–Crippen LogP) is 3.12. The summed E-state index contributed by atoms with van der Waals surface area (Å²) in [6.45, 7) is 0.101. The minimum absolute atomic E-state index is 0.0580. The van der Waals surface area contributed by atoms with Crippen molar-refractivity contribution < 1.29 is 13.6 Å². The lowest BCUT2D eigenvalue weighted by molar-refractivity contribution is 0.0948. The van der Waals surface area contributed by atoms with Crippen molar-refractivity contribution in [3.8, 4) is 0 Å². The summed E-state index contributed by atoms with van der Waals surface area (Å²) in [7, 11) is 0. The zero-order chi connectivity index (χ0) is 26.6. The number of carbonyl (C=O) groups excluding carboxylic acids is 1. The zero-order valence-electron chi connectivity index (χ0n) is 20.5. The summed E-state index contributed by atoms with van der Waals surface area (Å²) < 4.78 is 27.9. The van der Waals surface area contributed by atoms with Gasteiger partial charge in [0, 0.05) is 24.8 Å². The van der Waals surface area contributed by atoms with E-state index in [0.29, 0.717) is 22.9 Å². The van der Waals surface area contributed by atoms with Crippen molar-refractivity contribution in [2.75, 3.05) is 5.32 Å². The maximum absolute atomic E-state index is 13.5. The van der Waals surface area contributed by atoms with Gasteiger partial charge in [-0.2, -0.15) is 0 Å². The Labute approximate surface area is 217 Å². The highest BCUT2D eigenvalue weighted by Crippen LogP contribution is 2.21. The highest BCUT2D eigenvalue weighted by atomic mass is 19.2. The molecule has 1 aliphatic carbocycles. The topological polar surface area (TPSA) is 128 Å². The Hall–Kier alpha value is -4.25. The third-order valence-corrected chi connectivity index (χ3v) is 6.67. The maximum Gasteiger partial charge on any atom is 0.266 e. The molecular formula is C27H27F2N7O2. The number of nitrogens with zero attached hydrogens (tertiary/aromatic N) is 4. The fourth-order valence-corrected chi connectivity index (χ4v) is 4.54. The summed E-state index contributed by atoms with van der Waals surface area (Å²) >= 11 is 0. The summed E-state index contributed by atoms with van der Waals surface area (Å²) in [6, 6.07) is 9.43. The summed E-state index contributed by atoms with van der Waals surface area (Å²) in [5.74, 6) is -1.90. The first-order chi connectivity index (χ1) is 18.4. The van der Waals surface area contributed by atoms with Crippen LogP contribution in [0.15, 0.2) is 59.9 Å². The lowest BCUT2D eigenvalue weighted by atomic mass is 9.92. The highest BCUT2D eigenvalue weighted by Gasteiger charge is 2.19. The number of hydrogen-bond donors (Lipinski definition) is 3. The van der Waals surface area contributed by atoms with Crippen molar-refractivity contribution in [2.24, 2.45) is 5.73 Å². The van der Waals surface area contributed by atoms with E-state index in [2.05, 4.69) is 25.6 Å². The van der Waals surface area contributed by atoms with Gasteiger partial charge in [0.15, 0.2) is 11.6 Å². The number of nitrogens with one attached hydrogen (secondary N) is 2. The Morgan fingerprint density at radius 1 is 1.00 bits per heavy atom. The van der Waals surface area contributed by atoms with Crippen molar-refractivity contribution in [3.63, 3.8) is 0 Å². The molecule has 0 spiro atoms. The van der Waals surface area contributed by atoms with Gasteiger partial charge in [-0.25, -0.2) is 18.7 Å². The Morgan fingerprint density at radius 3 is 2.58 bits per heavy atom. The van der Waals surface area contributed by atoms with E-state index in [1.54, 1.807) is 6.20 Å². The molecule has 5 rings (SSSR count). The average Bonchev–Trinajstić information content (AvgIpc) is 2.91. The molecule has 0 bridgehead atoms. The third kappa shape index (κ3) is 5.83. The van der Waals surface area contributed by atoms with E-state index in [9.17, 15) is 18.4 Å². The normalized spacial score (nSPS) is 17.3. The van der Waals surface area contributed by atoms with Crippen LogP contribution in [0.2, 0.25) is 0 Å². The molecule has 2 aromatic carbocycles. The van der Waals surface area contributed by atoms with Crippen molar-refractivity contribution in [1.82, 2.24) is 24.8 Å². The Balaban J connectivity index is 1.25. The van der Waals surface area contributed by atoms with Gasteiger partial charge < -0.3 is 16.4 Å². The minimum atomic E-state index is -1.01. The maximum atomic E-state index is 13.5. The second-order valence-electron chi connectivity index (χ2n) is 9.51. The second-order valence-corrected chi connectivity index (χ2v) is 9.51. The van der Waals surface area contributed by atoms with Crippen LogP contribution in [0.4, 0.5) is 14.6 Å². The molecule has 1 amide bonds. The van der Waals surface area contributed by atoms with Crippen LogP contribution in [-0.2, 0) is 13.1 Å². The number of amides is 1. The van der Waals surface area contributed by atoms with E-state index in [1.807, 2.05) is 18.2 Å². The SMILES string of the molecule is N[C@H]1CC[C@H](Nc2cnc3ccc(CNC(=O)c4cncn(Cc5ccc(F)c(F)c5)c4=O)cc3n2)CC1. The quantitative estimate of drug-likeness (QED) is 0.342. The number of carbonyl (C=O) groups is 1. The van der Waals surface area contributed by atoms with E-state index in [0.717, 1.165) is 48.9 Å². The number of aromatic nitrogens is 4. The van der Waals surface area contributed by atoms with Crippen LogP contribution in [-0.4, -0.2) is 37.5 Å². The molecule has 11 heteroatoms. The van der Waals surface area contributed by atoms with Crippen molar-refractivity contribution in [2.45, 2.75) is 50.9 Å². The lowest BCUT2D eigenvalue weighted by Gasteiger charge is -2.27. The molecule has 38 heavy (non-hydrogen) atoms. The van der Waals surface area contributed by atoms with Gasteiger partial charge in [-0.15, -0.1) is 0 Å². The Bertz CT molecular complexity index is 1530. The number of nitrogens with two attached hydrogens (primary N) is 1. The molecule has 2 aromatic heterocycles. The van der Waals surface area contributed by atoms with E-state index < -0.39 is 23.1 Å². The van der Waals surface area contributed by atoms with Crippen LogP contribution in [0.3, 0.4) is 0 Å². The largest absolute Gasteiger partial charge is 0.366 e. The Kier molecular flexibility index (Phi) is 7.36. The van der Waals surface area contributed by atoms with Crippen LogP contribution >= 0.6 is 0 Å². The standard InChI is InChI=1S/C27H27F2N7O2/c28-21-7-1-17(9-22(21)29)14-36-15-31-12-20(27(36)38)26(37)33-11-16-2-8-23-24(10-16)35-25(13-32-23)34-19-5-3-18(30)4-6-19/h1-2,7-10,12-13,15,18-19H,3-6,11,14,30H2,(H,33,37)(H,34,35)/t18-,19-. The molecular weight excluding hydrogens is 492 g/mol. The van der Waals surface area contributed by atoms with Crippen molar-refractivity contribution in [1.29, 1.82) is 0 Å². The molecule has 2 heterocycles. The van der Waals surface area contributed by atoms with E-state index >= 15 is 0 Å². The van der Waals surface area contributed by atoms with E-state index in [4.69, 9.17) is 5.73 Å². The van der Waals surface area contributed by atoms with Gasteiger partial charge in [-0.05, 0) is 61.1 Å². The lowest BCUT2D eigenvalue weighted by Crippen LogP contribution is -2.33. The van der Waals surface area contributed by atoms with E-state index in [-0.39, 0.29) is 24.7 Å². The molecule has 0 aliphatic heterocycles. The zero-order valence-corrected chi connectivity index (χ0v) is 20.5. The molecule has 4 aromatic rings. The molecule has 9 nitrogen and oxygen atoms in total. The number of hydrogen-bond acceptors (Lipinski definition) is 7. The van der Waals surface area contributed by atoms with E-state index in [1.165, 1.54) is 23.2 Å². The molecule has 1 aliphatic rings. The first kappa shape index (κ1) is 25.4. The van der Waals surface area contributed by atoms with Crippen LogP contribution in [0.25, 0.3) is 11.0 Å². The molecule has 0 saturated heterocycles. The highest BCUT2D eigenvalue weighted by molar-refractivity contribution is 5.93. The Morgan fingerprint density at radius 2 is 1.79 bits per heavy atom. The van der Waals surface area contributed by atoms with Gasteiger partial charge in [0.05, 0.1) is 30.1 Å². The first-order valence-corrected chi connectivity index (χ1v) is 12.4. The molecule has 196 valence electrons. The fraction of sp³-hybridized carbons (Fsp3) is 0.296. The average molecular weight is 520 g/mol. The number of rotatable bonds is 7. The van der Waals surface area contributed by atoms with Crippen LogP contribution in [0.1, 0.15) is 47.2 Å². The van der Waals surface area contributed by atoms with Gasteiger partial charge in [0.25, 0.3) is 11.5 Å². The number of benzene rings is 2. The monoisotopic (exact) mass is 519 g/mol. The van der Waals surface area contributed by atoms with Gasteiger partial charge in [0.1, 0.15) is 11.4 Å². The number of fused-ring (bicyclic) bond motifs is 1. The molecule has 4 N–H and O–H groups in total. The van der Waals surface area contributed by atoms with Crippen LogP contribution in [0.5, 0.6) is 0 Å².